The fourth-order valence-electron chi connectivity index (χ4n) is 2.13. The summed E-state index contributed by atoms with van der Waals surface area (Å²) in [7, 11) is 5.66. The molecule has 0 spiro atoms. The number of ether oxygens (including phenoxy) is 1. The van der Waals surface area contributed by atoms with Crippen LogP contribution in [-0.2, 0) is 13.1 Å². The van der Waals surface area contributed by atoms with E-state index in [0.29, 0.717) is 13.1 Å². The molecule has 0 fully saturated rings. The zero-order valence-electron chi connectivity index (χ0n) is 15.0. The van der Waals surface area contributed by atoms with Crippen molar-refractivity contribution in [3.63, 3.8) is 0 Å². The smallest absolute Gasteiger partial charge is 0.191 e. The Morgan fingerprint density at radius 1 is 1.36 bits per heavy atom. The van der Waals surface area contributed by atoms with Crippen molar-refractivity contribution in [3.05, 3.63) is 39.3 Å². The van der Waals surface area contributed by atoms with Crippen LogP contribution in [0, 0.1) is 0 Å². The van der Waals surface area contributed by atoms with Gasteiger partial charge < -0.3 is 20.3 Å². The topological polar surface area (TPSA) is 61.8 Å². The summed E-state index contributed by atoms with van der Waals surface area (Å²) in [6, 6.07) is 5.92. The molecule has 0 saturated heterocycles. The molecule has 0 saturated carbocycles. The molecule has 0 aliphatic carbocycles. The molecule has 8 heteroatoms. The maximum absolute atomic E-state index is 5.40. The molecule has 6 nitrogen and oxygen atoms in total. The van der Waals surface area contributed by atoms with Crippen molar-refractivity contribution in [1.82, 2.24) is 15.6 Å². The highest BCUT2D eigenvalue weighted by atomic mass is 79.9. The molecule has 2 rings (SSSR count). The van der Waals surface area contributed by atoms with Crippen LogP contribution < -0.4 is 20.3 Å². The first-order chi connectivity index (χ1) is 12.0. The minimum absolute atomic E-state index is 0.526. The Hall–Kier alpha value is -1.80. The van der Waals surface area contributed by atoms with Crippen LogP contribution in [0.5, 0.6) is 5.75 Å². The average molecular weight is 426 g/mol. The number of hydrogen-bond acceptors (Lipinski definition) is 5. The highest BCUT2D eigenvalue weighted by Gasteiger charge is 2.06. The third-order valence-electron chi connectivity index (χ3n) is 3.35. The number of guanidine groups is 1. The maximum atomic E-state index is 5.40. The SMILES string of the molecule is CCNC(=NCc1cc(Br)ccc1OC)NCc1csc(N(C)C)n1. The number of hydrogen-bond donors (Lipinski definition) is 2. The molecule has 0 amide bonds. The van der Waals surface area contributed by atoms with E-state index in [0.717, 1.165) is 39.1 Å². The minimum Gasteiger partial charge on any atom is -0.496 e. The molecule has 0 radical (unpaired) electrons. The number of thiazole rings is 1. The van der Waals surface area contributed by atoms with Gasteiger partial charge in [-0.2, -0.15) is 0 Å². The van der Waals surface area contributed by atoms with Gasteiger partial charge in [0.15, 0.2) is 11.1 Å². The normalized spacial score (nSPS) is 11.3. The van der Waals surface area contributed by atoms with Gasteiger partial charge in [-0.1, -0.05) is 15.9 Å². The van der Waals surface area contributed by atoms with Gasteiger partial charge in [0, 0.05) is 36.1 Å². The molecule has 0 unspecified atom stereocenters. The third kappa shape index (κ3) is 5.89. The molecule has 1 heterocycles. The summed E-state index contributed by atoms with van der Waals surface area (Å²) in [5.41, 5.74) is 2.02. The number of halogens is 1. The second-order valence-electron chi connectivity index (χ2n) is 5.52. The Labute approximate surface area is 161 Å². The second kappa shape index (κ2) is 9.62. The van der Waals surface area contributed by atoms with Crippen LogP contribution >= 0.6 is 27.3 Å². The van der Waals surface area contributed by atoms with Crippen molar-refractivity contribution in [2.75, 3.05) is 32.6 Å². The average Bonchev–Trinajstić information content (AvgIpc) is 3.07. The highest BCUT2D eigenvalue weighted by molar-refractivity contribution is 9.10. The van der Waals surface area contributed by atoms with Crippen molar-refractivity contribution in [3.8, 4) is 5.75 Å². The predicted octanol–water partition coefficient (Wildman–Crippen LogP) is 3.24. The van der Waals surface area contributed by atoms with Gasteiger partial charge in [0.2, 0.25) is 0 Å². The summed E-state index contributed by atoms with van der Waals surface area (Å²) in [5.74, 6) is 1.59. The monoisotopic (exact) mass is 425 g/mol. The number of nitrogens with one attached hydrogen (secondary N) is 2. The molecule has 1 aromatic carbocycles. The number of aromatic nitrogens is 1. The van der Waals surface area contributed by atoms with Gasteiger partial charge in [-0.05, 0) is 25.1 Å². The number of anilines is 1. The minimum atomic E-state index is 0.526. The van der Waals surface area contributed by atoms with E-state index in [-0.39, 0.29) is 0 Å². The Balaban J connectivity index is 2.03. The van der Waals surface area contributed by atoms with Crippen molar-refractivity contribution in [1.29, 1.82) is 0 Å². The lowest BCUT2D eigenvalue weighted by Crippen LogP contribution is -2.36. The lowest BCUT2D eigenvalue weighted by atomic mass is 10.2. The lowest BCUT2D eigenvalue weighted by Gasteiger charge is -2.12. The Kier molecular flexibility index (Phi) is 7.52. The number of aliphatic imine (C=N–C) groups is 1. The summed E-state index contributed by atoms with van der Waals surface area (Å²) < 4.78 is 6.41. The molecule has 0 aliphatic rings. The third-order valence-corrected chi connectivity index (χ3v) is 4.90. The van der Waals surface area contributed by atoms with E-state index in [2.05, 4.69) is 41.9 Å². The zero-order valence-corrected chi connectivity index (χ0v) is 17.4. The molecule has 136 valence electrons. The lowest BCUT2D eigenvalue weighted by molar-refractivity contribution is 0.409. The molecule has 25 heavy (non-hydrogen) atoms. The Bertz CT molecular complexity index is 717. The van der Waals surface area contributed by atoms with Crippen LogP contribution in [0.1, 0.15) is 18.2 Å². The van der Waals surface area contributed by atoms with Crippen LogP contribution in [-0.4, -0.2) is 38.7 Å². The van der Waals surface area contributed by atoms with Crippen LogP contribution in [0.3, 0.4) is 0 Å². The molecule has 0 aliphatic heterocycles. The first-order valence-corrected chi connectivity index (χ1v) is 9.67. The van der Waals surface area contributed by atoms with Gasteiger partial charge in [-0.25, -0.2) is 9.98 Å². The maximum Gasteiger partial charge on any atom is 0.191 e. The number of benzene rings is 1. The van der Waals surface area contributed by atoms with Crippen LogP contribution in [0.25, 0.3) is 0 Å². The Morgan fingerprint density at radius 2 is 2.16 bits per heavy atom. The summed E-state index contributed by atoms with van der Waals surface area (Å²) in [5, 5.41) is 9.64. The highest BCUT2D eigenvalue weighted by Crippen LogP contribution is 2.23. The largest absolute Gasteiger partial charge is 0.496 e. The zero-order chi connectivity index (χ0) is 18.2. The molecule has 1 aromatic heterocycles. The van der Waals surface area contributed by atoms with Gasteiger partial charge in [-0.15, -0.1) is 11.3 Å². The Morgan fingerprint density at radius 3 is 2.80 bits per heavy atom. The fourth-order valence-corrected chi connectivity index (χ4v) is 3.30. The van der Waals surface area contributed by atoms with Crippen molar-refractivity contribution in [2.24, 2.45) is 4.99 Å². The van der Waals surface area contributed by atoms with Crippen molar-refractivity contribution < 1.29 is 4.74 Å². The molecule has 2 N–H and O–H groups in total. The second-order valence-corrected chi connectivity index (χ2v) is 7.27. The number of methoxy groups -OCH3 is 1. The molecular formula is C17H24BrN5OS. The van der Waals surface area contributed by atoms with Gasteiger partial charge in [-0.3, -0.25) is 0 Å². The molecule has 2 aromatic rings. The van der Waals surface area contributed by atoms with E-state index in [1.807, 2.05) is 44.1 Å². The van der Waals surface area contributed by atoms with E-state index in [1.54, 1.807) is 18.4 Å². The van der Waals surface area contributed by atoms with Gasteiger partial charge in [0.1, 0.15) is 5.75 Å². The molecule has 0 bridgehead atoms. The first kappa shape index (κ1) is 19.5. The van der Waals surface area contributed by atoms with E-state index in [4.69, 9.17) is 4.74 Å². The van der Waals surface area contributed by atoms with E-state index >= 15 is 0 Å². The number of rotatable bonds is 7. The summed E-state index contributed by atoms with van der Waals surface area (Å²) in [4.78, 5) is 11.2. The molecule has 0 atom stereocenters. The van der Waals surface area contributed by atoms with Gasteiger partial charge >= 0.3 is 0 Å². The predicted molar refractivity (Wildman–Crippen MR) is 109 cm³/mol. The summed E-state index contributed by atoms with van der Waals surface area (Å²) in [6.07, 6.45) is 0. The standard InChI is InChI=1S/C17H24BrN5OS/c1-5-19-16(21-10-14-11-25-17(22-14)23(2)3)20-9-12-8-13(18)6-7-15(12)24-4/h6-8,11H,5,9-10H2,1-4H3,(H2,19,20,21). The molecular weight excluding hydrogens is 402 g/mol. The van der Waals surface area contributed by atoms with Crippen molar-refractivity contribution in [2.45, 2.75) is 20.0 Å². The number of nitrogens with zero attached hydrogens (tertiary/aromatic N) is 3. The van der Waals surface area contributed by atoms with E-state index < -0.39 is 0 Å². The first-order valence-electron chi connectivity index (χ1n) is 7.99. The quantitative estimate of drug-likeness (QED) is 0.526. The van der Waals surface area contributed by atoms with E-state index in [9.17, 15) is 0 Å². The summed E-state index contributed by atoms with van der Waals surface area (Å²) >= 11 is 5.12. The summed E-state index contributed by atoms with van der Waals surface area (Å²) in [6.45, 7) is 4.00. The van der Waals surface area contributed by atoms with Gasteiger partial charge in [0.25, 0.3) is 0 Å². The van der Waals surface area contributed by atoms with Gasteiger partial charge in [0.05, 0.1) is 25.9 Å². The van der Waals surface area contributed by atoms with Crippen LogP contribution in [0.4, 0.5) is 5.13 Å². The van der Waals surface area contributed by atoms with Crippen LogP contribution in [0.15, 0.2) is 33.0 Å². The van der Waals surface area contributed by atoms with E-state index in [1.165, 1.54) is 0 Å². The fraction of sp³-hybridized carbons (Fsp3) is 0.412. The van der Waals surface area contributed by atoms with Crippen molar-refractivity contribution >= 4 is 38.4 Å². The van der Waals surface area contributed by atoms with Crippen LogP contribution in [0.2, 0.25) is 0 Å².